The van der Waals surface area contributed by atoms with Crippen LogP contribution in [0.4, 0.5) is 0 Å². The molecule has 26 heavy (non-hydrogen) atoms. The lowest BCUT2D eigenvalue weighted by atomic mass is 10.2. The molecular weight excluding hydrogens is 350 g/mol. The van der Waals surface area contributed by atoms with Crippen molar-refractivity contribution in [3.8, 4) is 10.8 Å². The number of rotatable bonds is 5. The molecule has 0 aromatic carbocycles. The van der Waals surface area contributed by atoms with Gasteiger partial charge in [0.05, 0.1) is 5.69 Å². The van der Waals surface area contributed by atoms with E-state index in [1.807, 2.05) is 4.90 Å². The van der Waals surface area contributed by atoms with Gasteiger partial charge in [-0.3, -0.25) is 9.59 Å². The van der Waals surface area contributed by atoms with Gasteiger partial charge in [-0.25, -0.2) is 15.0 Å². The third kappa shape index (κ3) is 4.63. The van der Waals surface area contributed by atoms with Crippen LogP contribution in [0.15, 0.2) is 18.5 Å². The third-order valence-corrected chi connectivity index (χ3v) is 5.50. The highest BCUT2D eigenvalue weighted by molar-refractivity contribution is 7.17. The van der Waals surface area contributed by atoms with Crippen molar-refractivity contribution in [1.29, 1.82) is 0 Å². The zero-order chi connectivity index (χ0) is 18.4. The van der Waals surface area contributed by atoms with Gasteiger partial charge in [0.15, 0.2) is 10.8 Å². The van der Waals surface area contributed by atoms with Crippen LogP contribution in [0, 0.1) is 6.92 Å². The fraction of sp³-hybridized carbons (Fsp3) is 0.500. The van der Waals surface area contributed by atoms with Crippen molar-refractivity contribution < 1.29 is 9.59 Å². The lowest BCUT2D eigenvalue weighted by Crippen LogP contribution is -2.35. The summed E-state index contributed by atoms with van der Waals surface area (Å²) in [7, 11) is 0. The summed E-state index contributed by atoms with van der Waals surface area (Å²) in [5.74, 6) is 0.424. The number of carbonyl (C=O) groups excluding carboxylic acids is 2. The maximum absolute atomic E-state index is 12.4. The van der Waals surface area contributed by atoms with E-state index in [-0.39, 0.29) is 11.8 Å². The summed E-state index contributed by atoms with van der Waals surface area (Å²) >= 11 is 1.27. The second kappa shape index (κ2) is 8.84. The Labute approximate surface area is 156 Å². The molecule has 1 aliphatic rings. The van der Waals surface area contributed by atoms with Crippen molar-refractivity contribution in [2.75, 3.05) is 19.6 Å². The zero-order valence-electron chi connectivity index (χ0n) is 14.9. The van der Waals surface area contributed by atoms with Crippen LogP contribution in [0.3, 0.4) is 0 Å². The van der Waals surface area contributed by atoms with E-state index >= 15 is 0 Å². The number of likely N-dealkylation sites (tertiary alicyclic amines) is 1. The number of thiazole rings is 1. The molecule has 2 amide bonds. The first kappa shape index (κ1) is 18.4. The Morgan fingerprint density at radius 1 is 1.15 bits per heavy atom. The van der Waals surface area contributed by atoms with Crippen LogP contribution in [0.5, 0.6) is 0 Å². The number of hydrogen-bond donors (Lipinski definition) is 1. The zero-order valence-corrected chi connectivity index (χ0v) is 15.7. The summed E-state index contributed by atoms with van der Waals surface area (Å²) in [5.41, 5.74) is 0.647. The molecule has 3 heterocycles. The molecule has 1 N–H and O–H groups in total. The largest absolute Gasteiger partial charge is 0.351 e. The van der Waals surface area contributed by atoms with Crippen LogP contribution in [0.1, 0.15) is 47.5 Å². The number of aromatic nitrogens is 3. The molecule has 0 unspecified atom stereocenters. The monoisotopic (exact) mass is 373 g/mol. The van der Waals surface area contributed by atoms with Gasteiger partial charge in [0, 0.05) is 38.4 Å². The highest BCUT2D eigenvalue weighted by atomic mass is 32.1. The van der Waals surface area contributed by atoms with E-state index in [1.165, 1.54) is 24.2 Å². The molecular formula is C18H23N5O2S. The van der Waals surface area contributed by atoms with E-state index in [1.54, 1.807) is 25.4 Å². The fourth-order valence-corrected chi connectivity index (χ4v) is 3.88. The first-order chi connectivity index (χ1) is 12.6. The molecule has 2 aromatic rings. The smallest absolute Gasteiger partial charge is 0.263 e. The van der Waals surface area contributed by atoms with Gasteiger partial charge in [0.25, 0.3) is 5.91 Å². The molecule has 2 aromatic heterocycles. The Bertz CT molecular complexity index is 754. The normalized spacial score (nSPS) is 14.7. The first-order valence-electron chi connectivity index (χ1n) is 8.96. The Morgan fingerprint density at radius 2 is 1.85 bits per heavy atom. The van der Waals surface area contributed by atoms with Crippen molar-refractivity contribution in [2.45, 2.75) is 39.0 Å². The Balaban J connectivity index is 1.53. The molecule has 0 saturated carbocycles. The van der Waals surface area contributed by atoms with Crippen molar-refractivity contribution in [2.24, 2.45) is 0 Å². The predicted octanol–water partition coefficient (Wildman–Crippen LogP) is 2.43. The van der Waals surface area contributed by atoms with Crippen molar-refractivity contribution in [1.82, 2.24) is 25.2 Å². The molecule has 3 rings (SSSR count). The minimum Gasteiger partial charge on any atom is -0.351 e. The van der Waals surface area contributed by atoms with E-state index < -0.39 is 0 Å². The Morgan fingerprint density at radius 3 is 2.54 bits per heavy atom. The quantitative estimate of drug-likeness (QED) is 0.870. The van der Waals surface area contributed by atoms with Crippen LogP contribution >= 0.6 is 11.3 Å². The number of aryl methyl sites for hydroxylation is 1. The molecule has 1 aliphatic heterocycles. The lowest BCUT2D eigenvalue weighted by Gasteiger charge is -2.20. The summed E-state index contributed by atoms with van der Waals surface area (Å²) in [5, 5.41) is 3.45. The maximum Gasteiger partial charge on any atom is 0.263 e. The third-order valence-electron chi connectivity index (χ3n) is 4.34. The van der Waals surface area contributed by atoms with Crippen LogP contribution < -0.4 is 5.32 Å². The van der Waals surface area contributed by atoms with Crippen molar-refractivity contribution >= 4 is 23.2 Å². The fourth-order valence-electron chi connectivity index (χ4n) is 2.95. The summed E-state index contributed by atoms with van der Waals surface area (Å²) in [6.45, 7) is 3.80. The number of nitrogens with zero attached hydrogens (tertiary/aromatic N) is 4. The van der Waals surface area contributed by atoms with Gasteiger partial charge in [-0.05, 0) is 25.8 Å². The summed E-state index contributed by atoms with van der Waals surface area (Å²) in [6, 6.07) is 1.74. The van der Waals surface area contributed by atoms with Gasteiger partial charge >= 0.3 is 0 Å². The topological polar surface area (TPSA) is 88.1 Å². The van der Waals surface area contributed by atoms with Gasteiger partial charge in [-0.15, -0.1) is 11.3 Å². The van der Waals surface area contributed by atoms with E-state index in [9.17, 15) is 9.59 Å². The number of carbonyl (C=O) groups is 2. The average molecular weight is 373 g/mol. The minimum absolute atomic E-state index is 0.117. The number of amides is 2. The van der Waals surface area contributed by atoms with Gasteiger partial charge < -0.3 is 10.2 Å². The molecule has 8 heteroatoms. The van der Waals surface area contributed by atoms with Crippen LogP contribution in [0.25, 0.3) is 10.8 Å². The van der Waals surface area contributed by atoms with Gasteiger partial charge in [0.2, 0.25) is 5.91 Å². The van der Waals surface area contributed by atoms with Crippen molar-refractivity contribution in [3.63, 3.8) is 0 Å². The molecule has 0 aliphatic carbocycles. The molecule has 0 bridgehead atoms. The molecule has 0 spiro atoms. The van der Waals surface area contributed by atoms with E-state index in [4.69, 9.17) is 0 Å². The highest BCUT2D eigenvalue weighted by Gasteiger charge is 2.19. The number of hydrogen-bond acceptors (Lipinski definition) is 6. The van der Waals surface area contributed by atoms with Crippen molar-refractivity contribution in [3.05, 3.63) is 29.0 Å². The number of nitrogens with one attached hydrogen (secondary N) is 1. The summed E-state index contributed by atoms with van der Waals surface area (Å²) in [6.07, 6.45) is 8.15. The summed E-state index contributed by atoms with van der Waals surface area (Å²) in [4.78, 5) is 39.9. The molecule has 0 radical (unpaired) electrons. The van der Waals surface area contributed by atoms with Gasteiger partial charge in [0.1, 0.15) is 4.88 Å². The minimum atomic E-state index is -0.203. The maximum atomic E-state index is 12.4. The second-order valence-electron chi connectivity index (χ2n) is 6.31. The highest BCUT2D eigenvalue weighted by Crippen LogP contribution is 2.24. The van der Waals surface area contributed by atoms with E-state index in [2.05, 4.69) is 20.3 Å². The Hall–Kier alpha value is -2.35. The molecule has 1 fully saturated rings. The molecule has 0 atom stereocenters. The standard InChI is InChI=1S/C18H23N5O2S/c1-13-15(26-18(22-13)16-19-8-6-9-20-16)17(25)21-10-7-14(24)23-11-4-2-3-5-12-23/h6,8-9H,2-5,7,10-12H2,1H3,(H,21,25). The molecule has 1 saturated heterocycles. The van der Waals surface area contributed by atoms with Gasteiger partial charge in [-0.1, -0.05) is 12.8 Å². The average Bonchev–Trinajstić information content (AvgIpc) is 2.86. The van der Waals surface area contributed by atoms with E-state index in [0.29, 0.717) is 34.4 Å². The van der Waals surface area contributed by atoms with Crippen LogP contribution in [-0.2, 0) is 4.79 Å². The summed E-state index contributed by atoms with van der Waals surface area (Å²) < 4.78 is 0. The first-order valence-corrected chi connectivity index (χ1v) is 9.77. The Kier molecular flexibility index (Phi) is 6.27. The van der Waals surface area contributed by atoms with Gasteiger partial charge in [-0.2, -0.15) is 0 Å². The van der Waals surface area contributed by atoms with Crippen LogP contribution in [-0.4, -0.2) is 51.3 Å². The second-order valence-corrected chi connectivity index (χ2v) is 7.31. The van der Waals surface area contributed by atoms with E-state index in [0.717, 1.165) is 25.9 Å². The predicted molar refractivity (Wildman–Crippen MR) is 99.9 cm³/mol. The SMILES string of the molecule is Cc1nc(-c2ncccn2)sc1C(=O)NCCC(=O)N1CCCCCC1. The lowest BCUT2D eigenvalue weighted by molar-refractivity contribution is -0.131. The molecule has 138 valence electrons. The molecule has 7 nitrogen and oxygen atoms in total. The van der Waals surface area contributed by atoms with Crippen LogP contribution in [0.2, 0.25) is 0 Å².